The maximum Gasteiger partial charge on any atom is 0.255 e. The Morgan fingerprint density at radius 2 is 2.07 bits per heavy atom. The van der Waals surface area contributed by atoms with Crippen LogP contribution in [0.1, 0.15) is 54.1 Å². The van der Waals surface area contributed by atoms with Crippen molar-refractivity contribution in [1.82, 2.24) is 15.2 Å². The molecule has 2 aliphatic carbocycles. The number of pyridine rings is 1. The van der Waals surface area contributed by atoms with Crippen molar-refractivity contribution < 1.29 is 14.0 Å². The number of halogens is 1. The van der Waals surface area contributed by atoms with Crippen LogP contribution in [0.4, 0.5) is 4.39 Å². The fourth-order valence-corrected chi connectivity index (χ4v) is 4.32. The van der Waals surface area contributed by atoms with E-state index in [1.54, 1.807) is 30.1 Å². The zero-order valence-corrected chi connectivity index (χ0v) is 17.3. The normalized spacial score (nSPS) is 19.6. The largest absolute Gasteiger partial charge is 0.353 e. The van der Waals surface area contributed by atoms with Gasteiger partial charge in [-0.15, -0.1) is 0 Å². The predicted octanol–water partition coefficient (Wildman–Crippen LogP) is 3.98. The first-order valence-corrected chi connectivity index (χ1v) is 10.5. The van der Waals surface area contributed by atoms with E-state index < -0.39 is 0 Å². The van der Waals surface area contributed by atoms with Crippen LogP contribution in [0.2, 0.25) is 0 Å². The molecule has 1 N–H and O–H groups in total. The van der Waals surface area contributed by atoms with Gasteiger partial charge in [-0.3, -0.25) is 14.6 Å². The number of carbonyl (C=O) groups is 2. The molecule has 2 amide bonds. The zero-order chi connectivity index (χ0) is 21.3. The lowest BCUT2D eigenvalue weighted by molar-refractivity contribution is -0.121. The Kier molecular flexibility index (Phi) is 5.66. The second kappa shape index (κ2) is 8.38. The fraction of sp³-hybridized carbons (Fsp3) is 0.375. The number of hydrogen-bond acceptors (Lipinski definition) is 3. The summed E-state index contributed by atoms with van der Waals surface area (Å²) in [5.74, 6) is -0.309. The Labute approximate surface area is 176 Å². The molecule has 0 radical (unpaired) electrons. The SMILES string of the molecule is CCC(=O)N[C@H]1CC[C@@H](N(C)C(=O)c2ccc(-c3ccc4c(c3F)CC=C4)nc2)C1. The van der Waals surface area contributed by atoms with Gasteiger partial charge in [-0.1, -0.05) is 25.1 Å². The van der Waals surface area contributed by atoms with Crippen molar-refractivity contribution in [3.63, 3.8) is 0 Å². The smallest absolute Gasteiger partial charge is 0.255 e. The van der Waals surface area contributed by atoms with Gasteiger partial charge in [-0.2, -0.15) is 0 Å². The molecule has 2 atom stereocenters. The number of allylic oxidation sites excluding steroid dienone is 1. The molecule has 0 saturated heterocycles. The molecule has 0 spiro atoms. The van der Waals surface area contributed by atoms with E-state index in [4.69, 9.17) is 0 Å². The van der Waals surface area contributed by atoms with Gasteiger partial charge in [0.25, 0.3) is 5.91 Å². The number of nitrogens with one attached hydrogen (secondary N) is 1. The molecule has 2 aliphatic rings. The van der Waals surface area contributed by atoms with Crippen molar-refractivity contribution in [2.24, 2.45) is 0 Å². The maximum absolute atomic E-state index is 14.8. The molecule has 30 heavy (non-hydrogen) atoms. The van der Waals surface area contributed by atoms with Crippen molar-refractivity contribution in [3.8, 4) is 11.3 Å². The number of nitrogens with zero attached hydrogens (tertiary/aromatic N) is 2. The van der Waals surface area contributed by atoms with Crippen LogP contribution in [0, 0.1) is 5.82 Å². The van der Waals surface area contributed by atoms with E-state index >= 15 is 0 Å². The summed E-state index contributed by atoms with van der Waals surface area (Å²) in [6.45, 7) is 1.83. The number of benzene rings is 1. The highest BCUT2D eigenvalue weighted by Gasteiger charge is 2.31. The van der Waals surface area contributed by atoms with Crippen LogP contribution in [-0.2, 0) is 11.2 Å². The molecule has 1 aromatic carbocycles. The van der Waals surface area contributed by atoms with Gasteiger partial charge in [-0.25, -0.2) is 4.39 Å². The van der Waals surface area contributed by atoms with Crippen molar-refractivity contribution in [2.75, 3.05) is 7.05 Å². The molecule has 5 nitrogen and oxygen atoms in total. The number of fused-ring (bicyclic) bond motifs is 1. The molecule has 1 saturated carbocycles. The number of hydrogen-bond donors (Lipinski definition) is 1. The third kappa shape index (κ3) is 3.86. The summed E-state index contributed by atoms with van der Waals surface area (Å²) in [5, 5.41) is 3.01. The summed E-state index contributed by atoms with van der Waals surface area (Å²) in [6, 6.07) is 7.25. The molecule has 156 valence electrons. The average molecular weight is 407 g/mol. The van der Waals surface area contributed by atoms with Gasteiger partial charge in [0.15, 0.2) is 0 Å². The molecule has 0 unspecified atom stereocenters. The first-order valence-electron chi connectivity index (χ1n) is 10.5. The van der Waals surface area contributed by atoms with E-state index in [1.165, 1.54) is 6.20 Å². The molecular weight excluding hydrogens is 381 g/mol. The highest BCUT2D eigenvalue weighted by atomic mass is 19.1. The molecule has 4 rings (SSSR count). The number of amides is 2. The van der Waals surface area contributed by atoms with Crippen molar-refractivity contribution in [3.05, 3.63) is 59.0 Å². The van der Waals surface area contributed by atoms with E-state index in [9.17, 15) is 14.0 Å². The van der Waals surface area contributed by atoms with Crippen molar-refractivity contribution >= 4 is 17.9 Å². The standard InChI is InChI=1S/C24H26FN3O2/c1-3-22(29)27-17-9-10-18(13-17)28(2)24(30)16-8-12-21(26-14-16)20-11-7-15-5-4-6-19(15)23(20)25/h4-5,7-8,11-12,14,17-18H,3,6,9-10,13H2,1-2H3,(H,27,29)/t17-,18+/m0/s1. The van der Waals surface area contributed by atoms with Crippen LogP contribution in [-0.4, -0.2) is 40.8 Å². The molecule has 2 aromatic rings. The maximum atomic E-state index is 14.8. The number of aromatic nitrogens is 1. The first-order chi connectivity index (χ1) is 14.5. The summed E-state index contributed by atoms with van der Waals surface area (Å²) < 4.78 is 14.8. The van der Waals surface area contributed by atoms with Crippen LogP contribution in [0.3, 0.4) is 0 Å². The molecule has 1 fully saturated rings. The average Bonchev–Trinajstić information content (AvgIpc) is 3.43. The van der Waals surface area contributed by atoms with E-state index in [0.717, 1.165) is 24.8 Å². The summed E-state index contributed by atoms with van der Waals surface area (Å²) in [7, 11) is 1.79. The summed E-state index contributed by atoms with van der Waals surface area (Å²) in [4.78, 5) is 30.6. The topological polar surface area (TPSA) is 62.3 Å². The Bertz CT molecular complexity index is 1000. The third-order valence-electron chi connectivity index (χ3n) is 6.14. The van der Waals surface area contributed by atoms with Gasteiger partial charge in [-0.05, 0) is 55.0 Å². The van der Waals surface area contributed by atoms with Crippen LogP contribution < -0.4 is 5.32 Å². The number of rotatable bonds is 5. The van der Waals surface area contributed by atoms with Crippen LogP contribution >= 0.6 is 0 Å². The van der Waals surface area contributed by atoms with Crippen molar-refractivity contribution in [2.45, 2.75) is 51.1 Å². The van der Waals surface area contributed by atoms with Gasteiger partial charge >= 0.3 is 0 Å². The minimum Gasteiger partial charge on any atom is -0.353 e. The van der Waals surface area contributed by atoms with Gasteiger partial charge in [0.05, 0.1) is 11.3 Å². The second-order valence-electron chi connectivity index (χ2n) is 8.03. The lowest BCUT2D eigenvalue weighted by Gasteiger charge is -2.25. The Balaban J connectivity index is 1.44. The monoisotopic (exact) mass is 407 g/mol. The molecule has 1 heterocycles. The number of carbonyl (C=O) groups excluding carboxylic acids is 2. The minimum absolute atomic E-state index is 0.0454. The quantitative estimate of drug-likeness (QED) is 0.816. The van der Waals surface area contributed by atoms with E-state index in [0.29, 0.717) is 35.2 Å². The molecule has 0 aliphatic heterocycles. The van der Waals surface area contributed by atoms with E-state index in [-0.39, 0.29) is 29.7 Å². The predicted molar refractivity (Wildman–Crippen MR) is 114 cm³/mol. The fourth-order valence-electron chi connectivity index (χ4n) is 4.32. The van der Waals surface area contributed by atoms with Gasteiger partial charge in [0.1, 0.15) is 5.82 Å². The Hall–Kier alpha value is -3.02. The molecular formula is C24H26FN3O2. The summed E-state index contributed by atoms with van der Waals surface area (Å²) in [5.41, 5.74) is 3.06. The molecule has 1 aromatic heterocycles. The first kappa shape index (κ1) is 20.3. The Morgan fingerprint density at radius 3 is 2.80 bits per heavy atom. The lowest BCUT2D eigenvalue weighted by Crippen LogP contribution is -2.38. The zero-order valence-electron chi connectivity index (χ0n) is 17.3. The van der Waals surface area contributed by atoms with E-state index in [1.807, 2.05) is 25.1 Å². The lowest BCUT2D eigenvalue weighted by atomic mass is 10.0. The minimum atomic E-state index is -0.243. The van der Waals surface area contributed by atoms with Gasteiger partial charge in [0.2, 0.25) is 5.91 Å². The van der Waals surface area contributed by atoms with E-state index in [2.05, 4.69) is 10.3 Å². The highest BCUT2D eigenvalue weighted by Crippen LogP contribution is 2.30. The third-order valence-corrected chi connectivity index (χ3v) is 6.14. The summed E-state index contributed by atoms with van der Waals surface area (Å²) in [6.07, 6.45) is 8.94. The van der Waals surface area contributed by atoms with Crippen LogP contribution in [0.5, 0.6) is 0 Å². The van der Waals surface area contributed by atoms with Crippen LogP contribution in [0.25, 0.3) is 17.3 Å². The van der Waals surface area contributed by atoms with Crippen LogP contribution in [0.15, 0.2) is 36.5 Å². The second-order valence-corrected chi connectivity index (χ2v) is 8.03. The molecule has 6 heteroatoms. The van der Waals surface area contributed by atoms with Gasteiger partial charge < -0.3 is 10.2 Å². The molecule has 0 bridgehead atoms. The summed E-state index contributed by atoms with van der Waals surface area (Å²) >= 11 is 0. The highest BCUT2D eigenvalue weighted by molar-refractivity contribution is 5.94. The van der Waals surface area contributed by atoms with Gasteiger partial charge in [0, 0.05) is 37.3 Å². The van der Waals surface area contributed by atoms with Crippen molar-refractivity contribution in [1.29, 1.82) is 0 Å². The Morgan fingerprint density at radius 1 is 1.23 bits per heavy atom.